The van der Waals surface area contributed by atoms with Crippen LogP contribution in [0.1, 0.15) is 121 Å². The lowest BCUT2D eigenvalue weighted by atomic mass is 9.97. The number of aliphatic hydroxyl groups excluding tert-OH is 2. The third-order valence-corrected chi connectivity index (χ3v) is 10.8. The first-order chi connectivity index (χ1) is 30.0. The number of aromatic nitrogens is 2. The molecule has 1 aromatic carbocycles. The smallest absolute Gasteiger partial charge is 0.326 e. The maximum atomic E-state index is 13.8. The number of aliphatic carboxylic acids is 1. The van der Waals surface area contributed by atoms with E-state index in [1.807, 2.05) is 13.8 Å². The monoisotopic (exact) mass is 893 g/mol. The van der Waals surface area contributed by atoms with Gasteiger partial charge in [-0.25, -0.2) is 31.9 Å². The molecule has 0 saturated heterocycles. The van der Waals surface area contributed by atoms with E-state index in [-0.39, 0.29) is 36.3 Å². The Morgan fingerprint density at radius 1 is 0.841 bits per heavy atom. The minimum absolute atomic E-state index is 0.0752. The largest absolute Gasteiger partial charge is 0.480 e. The van der Waals surface area contributed by atoms with Crippen LogP contribution < -0.4 is 14.9 Å². The van der Waals surface area contributed by atoms with Crippen molar-refractivity contribution in [3.63, 3.8) is 0 Å². The fourth-order valence-electron chi connectivity index (χ4n) is 6.11. The summed E-state index contributed by atoms with van der Waals surface area (Å²) in [6.45, 7) is 6.19. The van der Waals surface area contributed by atoms with Gasteiger partial charge >= 0.3 is 5.97 Å². The second-order valence-electron chi connectivity index (χ2n) is 15.5. The number of unbranched alkanes of at least 4 members (excludes halogenated alkanes) is 2. The van der Waals surface area contributed by atoms with Crippen LogP contribution >= 0.6 is 0 Å². The molecule has 0 spiro atoms. The summed E-state index contributed by atoms with van der Waals surface area (Å²) in [5, 5.41) is 36.4. The van der Waals surface area contributed by atoms with E-state index in [1.54, 1.807) is 0 Å². The molecule has 0 aliphatic heterocycles. The number of aliphatic hydroxyl groups is 2. The minimum Gasteiger partial charge on any atom is -0.480 e. The summed E-state index contributed by atoms with van der Waals surface area (Å²) >= 11 is 0. The van der Waals surface area contributed by atoms with Crippen LogP contribution in [-0.2, 0) is 24.4 Å². The number of anilines is 1. The van der Waals surface area contributed by atoms with E-state index in [4.69, 9.17) is 0 Å². The van der Waals surface area contributed by atoms with Crippen molar-refractivity contribution in [1.29, 1.82) is 0 Å². The van der Waals surface area contributed by atoms with E-state index >= 15 is 0 Å². The van der Waals surface area contributed by atoms with Crippen molar-refractivity contribution in [3.05, 3.63) is 108 Å². The first kappa shape index (κ1) is 53.9. The number of benzene rings is 1. The standard InChI is InChI=1S/C48H68FN5O8S/c1-6-7-8-9-10-11-12-13-14-15-16-17-18-19-20-21-22-26-43(57)50-33-24-23-25-42(47(59)60)51-44(58)35-40(56)34-39(55)31-32-41-45(36(2)3)52-48(54(4)63(5,61)62)53-46(41)37-27-29-38(49)30-28-37/h7-8,10-11,13-14,16-17,19-20,27-32,36,39-40,42,55-56H,6,9,12,15,18,21-26,33-35H2,1-5H3,(H,50,57)(H,51,58)(H,59,60). The van der Waals surface area contributed by atoms with Gasteiger partial charge in [0, 0.05) is 37.6 Å². The molecule has 1 heterocycles. The highest BCUT2D eigenvalue weighted by Crippen LogP contribution is 2.32. The first-order valence-corrected chi connectivity index (χ1v) is 23.6. The van der Waals surface area contributed by atoms with Gasteiger partial charge in [0.2, 0.25) is 27.8 Å². The third-order valence-electron chi connectivity index (χ3n) is 9.63. The van der Waals surface area contributed by atoms with Gasteiger partial charge in [-0.05, 0) is 94.4 Å². The number of amides is 2. The Bertz CT molecular complexity index is 2010. The second-order valence-corrected chi connectivity index (χ2v) is 17.5. The van der Waals surface area contributed by atoms with Gasteiger partial charge in [0.05, 0.1) is 36.3 Å². The van der Waals surface area contributed by atoms with Crippen molar-refractivity contribution in [1.82, 2.24) is 20.6 Å². The molecule has 1 aromatic heterocycles. The van der Waals surface area contributed by atoms with E-state index in [0.717, 1.165) is 55.5 Å². The maximum Gasteiger partial charge on any atom is 0.326 e. The number of carbonyl (C=O) groups excluding carboxylic acids is 2. The summed E-state index contributed by atoms with van der Waals surface area (Å²) < 4.78 is 39.4. The minimum atomic E-state index is -3.72. The maximum absolute atomic E-state index is 13.8. The number of carboxylic acid groups (broad SMARTS) is 1. The van der Waals surface area contributed by atoms with Crippen molar-refractivity contribution in [2.24, 2.45) is 0 Å². The SMILES string of the molecule is CCC=CCC=CCC=CCC=CCC=CCCCC(=O)NCCCCC(NC(=O)CC(O)CC(O)C=Cc1c(-c2ccc(F)cc2)nc(N(C)S(C)(=O)=O)nc1C(C)C)C(=O)O. The van der Waals surface area contributed by atoms with Crippen LogP contribution in [0.25, 0.3) is 17.3 Å². The molecule has 0 aliphatic carbocycles. The van der Waals surface area contributed by atoms with E-state index in [0.29, 0.717) is 42.6 Å². The Kier molecular flexibility index (Phi) is 25.6. The topological polar surface area (TPSA) is 199 Å². The number of sulfonamides is 1. The molecule has 15 heteroatoms. The van der Waals surface area contributed by atoms with Crippen LogP contribution in [0.2, 0.25) is 0 Å². The van der Waals surface area contributed by atoms with Crippen molar-refractivity contribution >= 4 is 39.8 Å². The summed E-state index contributed by atoms with van der Waals surface area (Å²) in [6, 6.07) is 4.26. The number of rotatable bonds is 30. The number of hydrogen-bond acceptors (Lipinski definition) is 9. The molecular formula is C48H68FN5O8S. The van der Waals surface area contributed by atoms with Crippen LogP contribution in [0.15, 0.2) is 91.1 Å². The number of carboxylic acids is 1. The number of halogens is 1. The van der Waals surface area contributed by atoms with Crippen molar-refractivity contribution in [2.75, 3.05) is 24.2 Å². The number of hydrogen-bond donors (Lipinski definition) is 5. The van der Waals surface area contributed by atoms with E-state index in [2.05, 4.69) is 88.3 Å². The highest BCUT2D eigenvalue weighted by molar-refractivity contribution is 7.92. The van der Waals surface area contributed by atoms with Crippen molar-refractivity contribution in [2.45, 2.75) is 128 Å². The molecule has 13 nitrogen and oxygen atoms in total. The fraction of sp³-hybridized carbons (Fsp3) is 0.479. The van der Waals surface area contributed by atoms with Crippen molar-refractivity contribution in [3.8, 4) is 11.3 Å². The zero-order chi connectivity index (χ0) is 46.6. The lowest BCUT2D eigenvalue weighted by molar-refractivity contribution is -0.142. The predicted molar refractivity (Wildman–Crippen MR) is 250 cm³/mol. The summed E-state index contributed by atoms with van der Waals surface area (Å²) in [5.41, 5.74) is 1.65. The first-order valence-electron chi connectivity index (χ1n) is 21.7. The van der Waals surface area contributed by atoms with Gasteiger partial charge in [-0.15, -0.1) is 0 Å². The van der Waals surface area contributed by atoms with Gasteiger partial charge in [-0.2, -0.15) is 0 Å². The normalized spacial score (nSPS) is 13.9. The van der Waals surface area contributed by atoms with E-state index in [1.165, 1.54) is 43.5 Å². The molecule has 0 aliphatic rings. The Balaban J connectivity index is 1.78. The Labute approximate surface area is 373 Å². The van der Waals surface area contributed by atoms with Gasteiger partial charge in [0.15, 0.2) is 0 Å². The summed E-state index contributed by atoms with van der Waals surface area (Å²) in [6.07, 6.45) is 29.7. The molecule has 2 rings (SSSR count). The molecule has 0 saturated carbocycles. The lowest BCUT2D eigenvalue weighted by Crippen LogP contribution is -2.42. The molecule has 2 aromatic rings. The summed E-state index contributed by atoms with van der Waals surface area (Å²) in [5.74, 6) is -2.81. The van der Waals surface area contributed by atoms with Crippen LogP contribution in [0.3, 0.4) is 0 Å². The molecule has 3 atom stereocenters. The molecule has 0 radical (unpaired) electrons. The zero-order valence-corrected chi connectivity index (χ0v) is 38.3. The van der Waals surface area contributed by atoms with Crippen LogP contribution in [-0.4, -0.2) is 89.6 Å². The second kappa shape index (κ2) is 29.9. The number of carbonyl (C=O) groups is 3. The van der Waals surface area contributed by atoms with Crippen LogP contribution in [0, 0.1) is 5.82 Å². The summed E-state index contributed by atoms with van der Waals surface area (Å²) in [4.78, 5) is 45.8. The lowest BCUT2D eigenvalue weighted by Gasteiger charge is -2.20. The predicted octanol–water partition coefficient (Wildman–Crippen LogP) is 8.09. The molecule has 63 heavy (non-hydrogen) atoms. The Hall–Kier alpha value is -5.25. The van der Waals surface area contributed by atoms with Crippen LogP contribution in [0.4, 0.5) is 10.3 Å². The summed E-state index contributed by atoms with van der Waals surface area (Å²) in [7, 11) is -2.40. The molecular weight excluding hydrogens is 826 g/mol. The van der Waals surface area contributed by atoms with Gasteiger partial charge < -0.3 is 26.0 Å². The number of nitrogens with zero attached hydrogens (tertiary/aromatic N) is 3. The van der Waals surface area contributed by atoms with Crippen molar-refractivity contribution < 1.29 is 42.5 Å². The quantitative estimate of drug-likeness (QED) is 0.0377. The molecule has 346 valence electrons. The average Bonchev–Trinajstić information content (AvgIpc) is 3.22. The Morgan fingerprint density at radius 2 is 1.43 bits per heavy atom. The molecule has 5 N–H and O–H groups in total. The molecule has 2 amide bonds. The number of allylic oxidation sites excluding steroid dienone is 10. The van der Waals surface area contributed by atoms with Gasteiger partial charge in [0.25, 0.3) is 0 Å². The van der Waals surface area contributed by atoms with Gasteiger partial charge in [-0.3, -0.25) is 9.59 Å². The average molecular weight is 894 g/mol. The highest BCUT2D eigenvalue weighted by Gasteiger charge is 2.24. The Morgan fingerprint density at radius 3 is 1.98 bits per heavy atom. The molecule has 0 bridgehead atoms. The number of nitrogens with one attached hydrogen (secondary N) is 2. The van der Waals surface area contributed by atoms with E-state index < -0.39 is 52.4 Å². The third kappa shape index (κ3) is 22.6. The van der Waals surface area contributed by atoms with Gasteiger partial charge in [-0.1, -0.05) is 93.7 Å². The molecule has 3 unspecified atom stereocenters. The van der Waals surface area contributed by atoms with Crippen LogP contribution in [0.5, 0.6) is 0 Å². The zero-order valence-electron chi connectivity index (χ0n) is 37.5. The molecule has 0 fully saturated rings. The van der Waals surface area contributed by atoms with E-state index in [9.17, 15) is 42.5 Å². The fourth-order valence-corrected chi connectivity index (χ4v) is 6.49. The highest BCUT2D eigenvalue weighted by atomic mass is 32.2. The van der Waals surface area contributed by atoms with Gasteiger partial charge in [0.1, 0.15) is 11.9 Å².